The van der Waals surface area contributed by atoms with Gasteiger partial charge in [0.1, 0.15) is 9.88 Å². The molecule has 2 heterocycles. The highest BCUT2D eigenvalue weighted by Gasteiger charge is 2.29. The number of aromatic nitrogens is 1. The Morgan fingerprint density at radius 2 is 2.17 bits per heavy atom. The summed E-state index contributed by atoms with van der Waals surface area (Å²) in [5.41, 5.74) is 1.80. The fourth-order valence-corrected chi connectivity index (χ4v) is 4.19. The lowest BCUT2D eigenvalue weighted by Gasteiger charge is -2.27. The van der Waals surface area contributed by atoms with E-state index in [0.29, 0.717) is 5.02 Å². The molecule has 1 aromatic carbocycles. The number of hydrogen-bond donors (Lipinski definition) is 1. The molecule has 1 saturated heterocycles. The minimum atomic E-state index is 0.112. The molecule has 0 bridgehead atoms. The van der Waals surface area contributed by atoms with Crippen LogP contribution in [-0.4, -0.2) is 41.5 Å². The zero-order chi connectivity index (χ0) is 17.1. The zero-order valence-electron chi connectivity index (χ0n) is 14.0. The third kappa shape index (κ3) is 3.63. The molecule has 24 heavy (non-hydrogen) atoms. The minimum absolute atomic E-state index is 0.112. The maximum absolute atomic E-state index is 13.1. The summed E-state index contributed by atoms with van der Waals surface area (Å²) >= 11 is 7.43. The van der Waals surface area contributed by atoms with E-state index in [4.69, 9.17) is 11.6 Å². The van der Waals surface area contributed by atoms with Gasteiger partial charge in [0, 0.05) is 29.7 Å². The van der Waals surface area contributed by atoms with Crippen LogP contribution in [0.1, 0.15) is 35.1 Å². The van der Waals surface area contributed by atoms with Crippen molar-refractivity contribution in [2.75, 3.05) is 19.6 Å². The Morgan fingerprint density at radius 3 is 2.79 bits per heavy atom. The molecule has 2 aromatic rings. The number of carbonyl (C=O) groups is 1. The van der Waals surface area contributed by atoms with Gasteiger partial charge in [-0.05, 0) is 38.4 Å². The van der Waals surface area contributed by atoms with E-state index < -0.39 is 0 Å². The number of rotatable bonds is 5. The predicted molar refractivity (Wildman–Crippen MR) is 99.9 cm³/mol. The Hall–Kier alpha value is -1.43. The van der Waals surface area contributed by atoms with Crippen molar-refractivity contribution in [3.05, 3.63) is 39.9 Å². The Kier molecular flexibility index (Phi) is 5.54. The molecule has 3 rings (SSSR count). The highest BCUT2D eigenvalue weighted by molar-refractivity contribution is 7.17. The molecule has 4 nitrogen and oxygen atoms in total. The molecule has 0 saturated carbocycles. The maximum Gasteiger partial charge on any atom is 0.266 e. The largest absolute Gasteiger partial charge is 0.334 e. The van der Waals surface area contributed by atoms with Gasteiger partial charge < -0.3 is 10.2 Å². The van der Waals surface area contributed by atoms with Crippen LogP contribution >= 0.6 is 22.9 Å². The Labute approximate surface area is 151 Å². The van der Waals surface area contributed by atoms with Gasteiger partial charge in [-0.15, -0.1) is 11.3 Å². The van der Waals surface area contributed by atoms with Gasteiger partial charge in [0.05, 0.1) is 5.69 Å². The van der Waals surface area contributed by atoms with Crippen LogP contribution in [-0.2, 0) is 0 Å². The van der Waals surface area contributed by atoms with Gasteiger partial charge in [-0.2, -0.15) is 0 Å². The topological polar surface area (TPSA) is 45.2 Å². The van der Waals surface area contributed by atoms with E-state index in [2.05, 4.69) is 17.2 Å². The lowest BCUT2D eigenvalue weighted by Crippen LogP contribution is -2.42. The molecule has 1 aromatic heterocycles. The summed E-state index contributed by atoms with van der Waals surface area (Å²) in [6, 6.07) is 7.88. The second-order valence-corrected chi connectivity index (χ2v) is 7.52. The highest BCUT2D eigenvalue weighted by atomic mass is 35.5. The third-order valence-electron chi connectivity index (χ3n) is 4.28. The molecular weight excluding hydrogens is 342 g/mol. The van der Waals surface area contributed by atoms with E-state index in [1.54, 1.807) is 0 Å². The molecule has 128 valence electrons. The number of hydrogen-bond acceptors (Lipinski definition) is 4. The average molecular weight is 364 g/mol. The number of nitrogens with one attached hydrogen (secondary N) is 1. The summed E-state index contributed by atoms with van der Waals surface area (Å²) in [4.78, 5) is 20.5. The fraction of sp³-hybridized carbons (Fsp3) is 0.444. The molecular formula is C18H22ClN3OS. The van der Waals surface area contributed by atoms with E-state index in [0.717, 1.165) is 53.6 Å². The smallest absolute Gasteiger partial charge is 0.266 e. The lowest BCUT2D eigenvalue weighted by molar-refractivity contribution is 0.0696. The van der Waals surface area contributed by atoms with E-state index >= 15 is 0 Å². The van der Waals surface area contributed by atoms with Gasteiger partial charge in [0.15, 0.2) is 0 Å². The second-order valence-electron chi connectivity index (χ2n) is 6.09. The van der Waals surface area contributed by atoms with Crippen LogP contribution < -0.4 is 5.32 Å². The van der Waals surface area contributed by atoms with Crippen molar-refractivity contribution >= 4 is 28.8 Å². The Morgan fingerprint density at radius 1 is 1.42 bits per heavy atom. The Balaban J connectivity index is 1.87. The SMILES string of the molecule is CCCN(C(=O)c1sc(-c2ccc(Cl)cc2)nc1C)C1CCNC1. The van der Waals surface area contributed by atoms with Crippen molar-refractivity contribution in [2.45, 2.75) is 32.7 Å². The van der Waals surface area contributed by atoms with Gasteiger partial charge >= 0.3 is 0 Å². The number of thiazole rings is 1. The van der Waals surface area contributed by atoms with Crippen molar-refractivity contribution in [2.24, 2.45) is 0 Å². The minimum Gasteiger partial charge on any atom is -0.334 e. The van der Waals surface area contributed by atoms with Gasteiger partial charge in [-0.25, -0.2) is 4.98 Å². The van der Waals surface area contributed by atoms with E-state index in [-0.39, 0.29) is 11.9 Å². The van der Waals surface area contributed by atoms with Crippen LogP contribution in [0.2, 0.25) is 5.02 Å². The molecule has 1 atom stereocenters. The number of carbonyl (C=O) groups excluding carboxylic acids is 1. The summed E-state index contributed by atoms with van der Waals surface area (Å²) in [7, 11) is 0. The molecule has 0 aliphatic carbocycles. The van der Waals surface area contributed by atoms with Gasteiger partial charge in [0.2, 0.25) is 0 Å². The number of amides is 1. The van der Waals surface area contributed by atoms with Crippen LogP contribution in [0, 0.1) is 6.92 Å². The normalized spacial score (nSPS) is 17.2. The number of benzene rings is 1. The molecule has 6 heteroatoms. The third-order valence-corrected chi connectivity index (χ3v) is 5.73. The quantitative estimate of drug-likeness (QED) is 0.873. The maximum atomic E-state index is 13.1. The summed E-state index contributed by atoms with van der Waals surface area (Å²) in [5, 5.41) is 4.92. The van der Waals surface area contributed by atoms with Crippen molar-refractivity contribution in [1.82, 2.24) is 15.2 Å². The van der Waals surface area contributed by atoms with Crippen LogP contribution in [0.5, 0.6) is 0 Å². The molecule has 0 radical (unpaired) electrons. The Bertz CT molecular complexity index is 708. The molecule has 1 aliphatic rings. The number of nitrogens with zero attached hydrogens (tertiary/aromatic N) is 2. The fourth-order valence-electron chi connectivity index (χ4n) is 3.04. The van der Waals surface area contributed by atoms with Gasteiger partial charge in [-0.1, -0.05) is 30.7 Å². The molecule has 1 N–H and O–H groups in total. The first-order chi connectivity index (χ1) is 11.6. The summed E-state index contributed by atoms with van der Waals surface area (Å²) < 4.78 is 0. The number of halogens is 1. The highest BCUT2D eigenvalue weighted by Crippen LogP contribution is 2.30. The predicted octanol–water partition coefficient (Wildman–Crippen LogP) is 3.99. The van der Waals surface area contributed by atoms with E-state index in [1.807, 2.05) is 36.1 Å². The first-order valence-electron chi connectivity index (χ1n) is 8.35. The average Bonchev–Trinajstić information content (AvgIpc) is 3.22. The van der Waals surface area contributed by atoms with Crippen LogP contribution in [0.25, 0.3) is 10.6 Å². The van der Waals surface area contributed by atoms with Crippen LogP contribution in [0.4, 0.5) is 0 Å². The molecule has 0 spiro atoms. The molecule has 1 unspecified atom stereocenters. The molecule has 1 fully saturated rings. The first kappa shape index (κ1) is 17.4. The van der Waals surface area contributed by atoms with Crippen molar-refractivity contribution in [3.63, 3.8) is 0 Å². The summed E-state index contributed by atoms with van der Waals surface area (Å²) in [6.07, 6.45) is 1.98. The zero-order valence-corrected chi connectivity index (χ0v) is 15.6. The lowest BCUT2D eigenvalue weighted by atomic mass is 10.2. The van der Waals surface area contributed by atoms with Gasteiger partial charge in [0.25, 0.3) is 5.91 Å². The van der Waals surface area contributed by atoms with Crippen LogP contribution in [0.3, 0.4) is 0 Å². The summed E-state index contributed by atoms with van der Waals surface area (Å²) in [6.45, 7) is 6.68. The van der Waals surface area contributed by atoms with Crippen LogP contribution in [0.15, 0.2) is 24.3 Å². The number of aryl methyl sites for hydroxylation is 1. The van der Waals surface area contributed by atoms with Crippen molar-refractivity contribution in [3.8, 4) is 10.6 Å². The molecule has 1 aliphatic heterocycles. The van der Waals surface area contributed by atoms with Gasteiger partial charge in [-0.3, -0.25) is 4.79 Å². The standard InChI is InChI=1S/C18H22ClN3OS/c1-3-10-22(15-8-9-20-11-15)18(23)16-12(2)21-17(24-16)13-4-6-14(19)7-5-13/h4-7,15,20H,3,8-11H2,1-2H3. The van der Waals surface area contributed by atoms with E-state index in [1.165, 1.54) is 11.3 Å². The first-order valence-corrected chi connectivity index (χ1v) is 9.54. The monoisotopic (exact) mass is 363 g/mol. The second kappa shape index (κ2) is 7.64. The van der Waals surface area contributed by atoms with E-state index in [9.17, 15) is 4.79 Å². The summed E-state index contributed by atoms with van der Waals surface area (Å²) in [5.74, 6) is 0.112. The molecule has 1 amide bonds. The van der Waals surface area contributed by atoms with Crippen molar-refractivity contribution < 1.29 is 4.79 Å². The van der Waals surface area contributed by atoms with Crippen molar-refractivity contribution in [1.29, 1.82) is 0 Å².